The van der Waals surface area contributed by atoms with Gasteiger partial charge in [0.25, 0.3) is 0 Å². The molecule has 0 aromatic heterocycles. The van der Waals surface area contributed by atoms with Gasteiger partial charge in [0.15, 0.2) is 5.78 Å². The second-order valence-corrected chi connectivity index (χ2v) is 5.51. The average molecular weight is 327 g/mol. The van der Waals surface area contributed by atoms with Crippen LogP contribution in [0.5, 0.6) is 0 Å². The third-order valence-corrected chi connectivity index (χ3v) is 3.68. The van der Waals surface area contributed by atoms with Crippen LogP contribution in [0.2, 0.25) is 0 Å². The fraction of sp³-hybridized carbons (Fsp3) is 0. The molecule has 3 aromatic rings. The van der Waals surface area contributed by atoms with Crippen molar-refractivity contribution in [2.75, 3.05) is 5.32 Å². The zero-order valence-electron chi connectivity index (χ0n) is 13.6. The number of hydrogen-bond donors (Lipinski definition) is 1. The van der Waals surface area contributed by atoms with Gasteiger partial charge in [-0.25, -0.2) is 0 Å². The molecule has 3 heteroatoms. The molecule has 0 radical (unpaired) electrons. The van der Waals surface area contributed by atoms with Crippen LogP contribution in [0.25, 0.3) is 6.08 Å². The Kier molecular flexibility index (Phi) is 5.17. The van der Waals surface area contributed by atoms with Gasteiger partial charge in [-0.3, -0.25) is 9.59 Å². The average Bonchev–Trinajstić information content (AvgIpc) is 2.68. The first-order chi connectivity index (χ1) is 12.2. The lowest BCUT2D eigenvalue weighted by atomic mass is 10.0. The van der Waals surface area contributed by atoms with Crippen molar-refractivity contribution >= 4 is 23.5 Å². The zero-order valence-corrected chi connectivity index (χ0v) is 13.6. The maximum atomic E-state index is 12.3. The van der Waals surface area contributed by atoms with Gasteiger partial charge in [-0.2, -0.15) is 0 Å². The smallest absolute Gasteiger partial charge is 0.248 e. The molecule has 0 atom stereocenters. The largest absolute Gasteiger partial charge is 0.323 e. The predicted octanol–water partition coefficient (Wildman–Crippen LogP) is 4.57. The topological polar surface area (TPSA) is 46.2 Å². The summed E-state index contributed by atoms with van der Waals surface area (Å²) in [5, 5.41) is 2.78. The number of nitrogens with one attached hydrogen (secondary N) is 1. The second-order valence-electron chi connectivity index (χ2n) is 5.51. The third kappa shape index (κ3) is 4.52. The van der Waals surface area contributed by atoms with E-state index in [1.165, 1.54) is 6.08 Å². The number of carbonyl (C=O) groups excluding carboxylic acids is 2. The molecular weight excluding hydrogens is 310 g/mol. The van der Waals surface area contributed by atoms with Gasteiger partial charge in [-0.15, -0.1) is 0 Å². The summed E-state index contributed by atoms with van der Waals surface area (Å²) in [6.45, 7) is 0. The van der Waals surface area contributed by atoms with Crippen LogP contribution in [0, 0.1) is 0 Å². The van der Waals surface area contributed by atoms with Crippen LogP contribution in [-0.4, -0.2) is 11.7 Å². The Bertz CT molecular complexity index is 882. The SMILES string of the molecule is O=C(/C=C/c1ccccc1)Nc1ccc(C(=O)c2ccccc2)cc1. The van der Waals surface area contributed by atoms with E-state index in [0.29, 0.717) is 16.8 Å². The Morgan fingerprint density at radius 3 is 1.88 bits per heavy atom. The van der Waals surface area contributed by atoms with Gasteiger partial charge in [0.2, 0.25) is 5.91 Å². The fourth-order valence-corrected chi connectivity index (χ4v) is 2.38. The Balaban J connectivity index is 1.64. The third-order valence-electron chi connectivity index (χ3n) is 3.68. The predicted molar refractivity (Wildman–Crippen MR) is 100 cm³/mol. The van der Waals surface area contributed by atoms with Gasteiger partial charge in [0.1, 0.15) is 0 Å². The normalized spacial score (nSPS) is 10.6. The molecule has 0 heterocycles. The molecule has 25 heavy (non-hydrogen) atoms. The van der Waals surface area contributed by atoms with Gasteiger partial charge in [-0.05, 0) is 35.9 Å². The molecule has 122 valence electrons. The number of rotatable bonds is 5. The van der Waals surface area contributed by atoms with Crippen molar-refractivity contribution in [3.05, 3.63) is 108 Å². The van der Waals surface area contributed by atoms with Crippen molar-refractivity contribution in [2.24, 2.45) is 0 Å². The molecule has 0 unspecified atom stereocenters. The maximum absolute atomic E-state index is 12.3. The van der Waals surface area contributed by atoms with E-state index >= 15 is 0 Å². The summed E-state index contributed by atoms with van der Waals surface area (Å²) < 4.78 is 0. The van der Waals surface area contributed by atoms with Gasteiger partial charge in [0, 0.05) is 22.9 Å². The Hall–Kier alpha value is -3.46. The van der Waals surface area contributed by atoms with Gasteiger partial charge in [0.05, 0.1) is 0 Å². The van der Waals surface area contributed by atoms with E-state index in [0.717, 1.165) is 5.56 Å². The summed E-state index contributed by atoms with van der Waals surface area (Å²) in [4.78, 5) is 24.3. The van der Waals surface area contributed by atoms with Crippen molar-refractivity contribution in [3.63, 3.8) is 0 Å². The Labute approximate surface area is 146 Å². The van der Waals surface area contributed by atoms with E-state index in [1.807, 2.05) is 48.5 Å². The van der Waals surface area contributed by atoms with Crippen molar-refractivity contribution in [2.45, 2.75) is 0 Å². The first kappa shape index (κ1) is 16.4. The minimum Gasteiger partial charge on any atom is -0.323 e. The highest BCUT2D eigenvalue weighted by Crippen LogP contribution is 2.14. The van der Waals surface area contributed by atoms with E-state index in [2.05, 4.69) is 5.32 Å². The number of benzene rings is 3. The fourth-order valence-electron chi connectivity index (χ4n) is 2.38. The van der Waals surface area contributed by atoms with Crippen LogP contribution in [-0.2, 0) is 4.79 Å². The van der Waals surface area contributed by atoms with E-state index in [4.69, 9.17) is 0 Å². The number of carbonyl (C=O) groups is 2. The lowest BCUT2D eigenvalue weighted by Gasteiger charge is -2.04. The molecule has 1 amide bonds. The van der Waals surface area contributed by atoms with Crippen LogP contribution in [0.3, 0.4) is 0 Å². The summed E-state index contributed by atoms with van der Waals surface area (Å²) in [5.74, 6) is -0.256. The number of anilines is 1. The van der Waals surface area contributed by atoms with E-state index in [-0.39, 0.29) is 11.7 Å². The monoisotopic (exact) mass is 327 g/mol. The molecule has 0 aliphatic rings. The van der Waals surface area contributed by atoms with Crippen LogP contribution in [0.4, 0.5) is 5.69 Å². The summed E-state index contributed by atoms with van der Waals surface area (Å²) in [6, 6.07) is 25.6. The molecule has 0 aliphatic carbocycles. The number of ketones is 1. The highest BCUT2D eigenvalue weighted by Gasteiger charge is 2.08. The first-order valence-corrected chi connectivity index (χ1v) is 7.96. The molecule has 0 bridgehead atoms. The van der Waals surface area contributed by atoms with Gasteiger partial charge < -0.3 is 5.32 Å². The van der Waals surface area contributed by atoms with Crippen molar-refractivity contribution in [1.82, 2.24) is 0 Å². The highest BCUT2D eigenvalue weighted by atomic mass is 16.1. The minimum atomic E-state index is -0.217. The van der Waals surface area contributed by atoms with Crippen LogP contribution in [0.1, 0.15) is 21.5 Å². The standard InChI is InChI=1S/C22H17NO2/c24-21(16-11-17-7-3-1-4-8-17)23-20-14-12-19(13-15-20)22(25)18-9-5-2-6-10-18/h1-16H,(H,23,24)/b16-11+. The molecule has 0 fully saturated rings. The minimum absolute atomic E-state index is 0.0394. The van der Waals surface area contributed by atoms with Crippen molar-refractivity contribution < 1.29 is 9.59 Å². The summed E-state index contributed by atoms with van der Waals surface area (Å²) in [6.07, 6.45) is 3.24. The summed E-state index contributed by atoms with van der Waals surface area (Å²) in [5.41, 5.74) is 2.84. The van der Waals surface area contributed by atoms with Gasteiger partial charge >= 0.3 is 0 Å². The van der Waals surface area contributed by atoms with E-state index in [9.17, 15) is 9.59 Å². The Morgan fingerprint density at radius 1 is 0.680 bits per heavy atom. The molecule has 0 saturated carbocycles. The number of amides is 1. The quantitative estimate of drug-likeness (QED) is 0.551. The molecular formula is C22H17NO2. The molecule has 3 aromatic carbocycles. The zero-order chi connectivity index (χ0) is 17.5. The maximum Gasteiger partial charge on any atom is 0.248 e. The molecule has 0 saturated heterocycles. The van der Waals surface area contributed by atoms with Crippen LogP contribution >= 0.6 is 0 Å². The molecule has 0 aliphatic heterocycles. The highest BCUT2D eigenvalue weighted by molar-refractivity contribution is 6.09. The summed E-state index contributed by atoms with van der Waals surface area (Å²) in [7, 11) is 0. The number of hydrogen-bond acceptors (Lipinski definition) is 2. The second kappa shape index (κ2) is 7.88. The van der Waals surface area contributed by atoms with Crippen LogP contribution in [0.15, 0.2) is 91.0 Å². The van der Waals surface area contributed by atoms with Gasteiger partial charge in [-0.1, -0.05) is 60.7 Å². The Morgan fingerprint density at radius 2 is 1.24 bits per heavy atom. The summed E-state index contributed by atoms with van der Waals surface area (Å²) >= 11 is 0. The van der Waals surface area contributed by atoms with Crippen LogP contribution < -0.4 is 5.32 Å². The van der Waals surface area contributed by atoms with E-state index in [1.54, 1.807) is 42.5 Å². The lowest BCUT2D eigenvalue weighted by Crippen LogP contribution is -2.08. The lowest BCUT2D eigenvalue weighted by molar-refractivity contribution is -0.111. The molecule has 0 spiro atoms. The van der Waals surface area contributed by atoms with E-state index < -0.39 is 0 Å². The van der Waals surface area contributed by atoms with Crippen molar-refractivity contribution in [3.8, 4) is 0 Å². The first-order valence-electron chi connectivity index (χ1n) is 7.96. The molecule has 3 nitrogen and oxygen atoms in total. The molecule has 1 N–H and O–H groups in total. The molecule has 3 rings (SSSR count). The van der Waals surface area contributed by atoms with Crippen molar-refractivity contribution in [1.29, 1.82) is 0 Å².